The predicted octanol–water partition coefficient (Wildman–Crippen LogP) is 2.20. The van der Waals surface area contributed by atoms with Crippen molar-refractivity contribution in [3.8, 4) is 0 Å². The van der Waals surface area contributed by atoms with Gasteiger partial charge in [-0.05, 0) is 17.7 Å². The van der Waals surface area contributed by atoms with E-state index in [9.17, 15) is 17.7 Å². The molecule has 11 heavy (non-hydrogen) atoms. The molecule has 0 aliphatic heterocycles. The third-order valence-corrected chi connectivity index (χ3v) is 2.78. The summed E-state index contributed by atoms with van der Waals surface area (Å²) >= 11 is 0. The van der Waals surface area contributed by atoms with Crippen molar-refractivity contribution in [2.24, 2.45) is 5.92 Å². The zero-order valence-electron chi connectivity index (χ0n) is 6.40. The lowest BCUT2D eigenvalue weighted by molar-refractivity contribution is -0.132. The van der Waals surface area contributed by atoms with Gasteiger partial charge in [-0.15, -0.1) is 0 Å². The van der Waals surface area contributed by atoms with E-state index < -0.39 is 18.2 Å². The van der Waals surface area contributed by atoms with Crippen LogP contribution in [-0.2, 0) is 4.79 Å². The van der Waals surface area contributed by atoms with Crippen molar-refractivity contribution in [2.45, 2.75) is 25.6 Å². The third kappa shape index (κ3) is 0.975. The number of halogens is 3. The predicted molar refractivity (Wildman–Crippen MR) is 36.2 cm³/mol. The average molecular weight is 165 g/mol. The normalized spacial score (nSPS) is 38.6. The van der Waals surface area contributed by atoms with Gasteiger partial charge in [-0.3, -0.25) is 4.79 Å². The average Bonchev–Trinajstić information content (AvgIpc) is 1.85. The van der Waals surface area contributed by atoms with Gasteiger partial charge < -0.3 is 12.9 Å². The highest BCUT2D eigenvalue weighted by molar-refractivity contribution is 6.64. The lowest BCUT2D eigenvalue weighted by Crippen LogP contribution is -2.51. The number of rotatable bonds is 1. The van der Waals surface area contributed by atoms with Crippen LogP contribution in [0.2, 0.25) is 5.31 Å². The molecular weight excluding hydrogens is 156 g/mol. The number of carbonyl (C=O) groups is 1. The summed E-state index contributed by atoms with van der Waals surface area (Å²) in [6.45, 7) is -2.39. The minimum atomic E-state index is -4.86. The first-order chi connectivity index (χ1) is 4.79. The molecule has 5 heteroatoms. The van der Waals surface area contributed by atoms with Crippen molar-refractivity contribution in [3.63, 3.8) is 0 Å². The van der Waals surface area contributed by atoms with Gasteiger partial charge in [-0.2, -0.15) is 0 Å². The fraction of sp³-hybridized carbons (Fsp3) is 0.833. The van der Waals surface area contributed by atoms with E-state index in [1.54, 1.807) is 0 Å². The zero-order chi connectivity index (χ0) is 8.86. The van der Waals surface area contributed by atoms with Crippen molar-refractivity contribution in [3.05, 3.63) is 0 Å². The second-order valence-corrected chi connectivity index (χ2v) is 3.45. The van der Waals surface area contributed by atoms with Crippen molar-refractivity contribution >= 4 is 12.8 Å². The number of Topliss-reactive ketones (excluding diaryl/α,β-unsaturated/α-hetero) is 1. The molecule has 0 N–H and O–H groups in total. The molecule has 0 aromatic rings. The van der Waals surface area contributed by atoms with E-state index in [0.29, 0.717) is 0 Å². The quantitative estimate of drug-likeness (QED) is 0.544. The first kappa shape index (κ1) is 8.62. The second kappa shape index (κ2) is 2.02. The van der Waals surface area contributed by atoms with Crippen LogP contribution in [0.25, 0.3) is 0 Å². The van der Waals surface area contributed by atoms with E-state index in [1.165, 1.54) is 6.92 Å². The molecule has 0 amide bonds. The van der Waals surface area contributed by atoms with E-state index in [0.717, 1.165) is 6.92 Å². The van der Waals surface area contributed by atoms with Gasteiger partial charge in [-0.25, -0.2) is 0 Å². The van der Waals surface area contributed by atoms with Gasteiger partial charge in [-0.1, -0.05) is 13.8 Å². The summed E-state index contributed by atoms with van der Waals surface area (Å²) in [4.78, 5) is 10.6. The molecule has 1 fully saturated rings. The smallest absolute Gasteiger partial charge is 0.449 e. The Morgan fingerprint density at radius 3 is 2.09 bits per heavy atom. The van der Waals surface area contributed by atoms with Crippen LogP contribution in [-0.4, -0.2) is 12.8 Å². The number of hydrogen-bond acceptors (Lipinski definition) is 1. The van der Waals surface area contributed by atoms with Gasteiger partial charge in [0.2, 0.25) is 0 Å². The van der Waals surface area contributed by atoms with Crippen LogP contribution in [0.5, 0.6) is 0 Å². The molecule has 1 nitrogen and oxygen atoms in total. The van der Waals surface area contributed by atoms with Crippen molar-refractivity contribution < 1.29 is 17.7 Å². The van der Waals surface area contributed by atoms with Gasteiger partial charge in [0, 0.05) is 0 Å². The first-order valence-corrected chi connectivity index (χ1v) is 3.51. The lowest BCUT2D eigenvalue weighted by Gasteiger charge is -2.50. The van der Waals surface area contributed by atoms with Crippen LogP contribution in [0.3, 0.4) is 0 Å². The minimum Gasteiger partial charge on any atom is -0.449 e. The van der Waals surface area contributed by atoms with Gasteiger partial charge in [0.1, 0.15) is 5.78 Å². The maximum Gasteiger partial charge on any atom is 0.485 e. The van der Waals surface area contributed by atoms with Gasteiger partial charge in [0.25, 0.3) is 0 Å². The molecule has 0 aromatic carbocycles. The molecule has 64 valence electrons. The molecule has 0 heterocycles. The summed E-state index contributed by atoms with van der Waals surface area (Å²) in [5.41, 5.74) is 0. The van der Waals surface area contributed by atoms with E-state index in [1.807, 2.05) is 0 Å². The van der Waals surface area contributed by atoms with Crippen LogP contribution >= 0.6 is 0 Å². The lowest BCUT2D eigenvalue weighted by atomic mass is 9.43. The first-order valence-electron chi connectivity index (χ1n) is 3.51. The molecule has 0 radical (unpaired) electrons. The Balaban J connectivity index is 2.80. The summed E-state index contributed by atoms with van der Waals surface area (Å²) in [5.74, 6) is -1.10. The molecule has 1 aliphatic carbocycles. The Labute approximate surface area is 63.0 Å². The van der Waals surface area contributed by atoms with Crippen LogP contribution < -0.4 is 0 Å². The molecule has 0 aromatic heterocycles. The highest BCUT2D eigenvalue weighted by Crippen LogP contribution is 2.58. The highest BCUT2D eigenvalue weighted by Gasteiger charge is 2.58. The topological polar surface area (TPSA) is 17.1 Å². The fourth-order valence-electron chi connectivity index (χ4n) is 1.32. The standard InChI is InChI=1S/C6H9BF3O/c1-4-5(11)3-6(4,2)7(8,9)10/h4H,3H2,1-2H3/q-1. The fourth-order valence-corrected chi connectivity index (χ4v) is 1.32. The van der Waals surface area contributed by atoms with Crippen LogP contribution in [0.4, 0.5) is 12.9 Å². The molecule has 0 saturated heterocycles. The molecule has 0 spiro atoms. The van der Waals surface area contributed by atoms with E-state index in [2.05, 4.69) is 0 Å². The van der Waals surface area contributed by atoms with Crippen molar-refractivity contribution in [1.29, 1.82) is 0 Å². The largest absolute Gasteiger partial charge is 0.485 e. The van der Waals surface area contributed by atoms with Crippen LogP contribution in [0.1, 0.15) is 20.3 Å². The maximum atomic E-state index is 12.2. The number of ketones is 1. The Kier molecular flexibility index (Phi) is 1.58. The summed E-state index contributed by atoms with van der Waals surface area (Å²) in [6, 6.07) is 0. The van der Waals surface area contributed by atoms with Gasteiger partial charge >= 0.3 is 6.98 Å². The number of hydrogen-bond donors (Lipinski definition) is 0. The molecule has 2 unspecified atom stereocenters. The molecular formula is C6H9BF3O-. The highest BCUT2D eigenvalue weighted by atomic mass is 19.4. The maximum absolute atomic E-state index is 12.2. The van der Waals surface area contributed by atoms with Gasteiger partial charge in [0.05, 0.1) is 0 Å². The van der Waals surface area contributed by atoms with Crippen LogP contribution in [0.15, 0.2) is 0 Å². The number of carbonyl (C=O) groups excluding carboxylic acids is 1. The Morgan fingerprint density at radius 1 is 1.55 bits per heavy atom. The monoisotopic (exact) mass is 165 g/mol. The summed E-state index contributed by atoms with van der Waals surface area (Å²) in [6.07, 6.45) is -0.322. The molecule has 2 atom stereocenters. The summed E-state index contributed by atoms with van der Waals surface area (Å²) < 4.78 is 36.7. The SMILES string of the molecule is CC1C(=O)CC1(C)[B-](F)(F)F. The Morgan fingerprint density at radius 2 is 2.00 bits per heavy atom. The molecule has 0 bridgehead atoms. The second-order valence-electron chi connectivity index (χ2n) is 3.45. The summed E-state index contributed by atoms with van der Waals surface area (Å²) in [5, 5.41) is -1.70. The molecule has 1 saturated carbocycles. The third-order valence-electron chi connectivity index (χ3n) is 2.78. The van der Waals surface area contributed by atoms with Gasteiger partial charge in [0.15, 0.2) is 0 Å². The van der Waals surface area contributed by atoms with Crippen molar-refractivity contribution in [1.82, 2.24) is 0 Å². The molecule has 1 rings (SSSR count). The van der Waals surface area contributed by atoms with Crippen LogP contribution in [0, 0.1) is 5.92 Å². The van der Waals surface area contributed by atoms with Crippen molar-refractivity contribution in [2.75, 3.05) is 0 Å². The Bertz CT molecular complexity index is 200. The zero-order valence-corrected chi connectivity index (χ0v) is 6.40. The van der Waals surface area contributed by atoms with E-state index in [4.69, 9.17) is 0 Å². The molecule has 1 aliphatic rings. The van der Waals surface area contributed by atoms with E-state index in [-0.39, 0.29) is 12.2 Å². The van der Waals surface area contributed by atoms with E-state index >= 15 is 0 Å². The minimum absolute atomic E-state index is 0.272. The summed E-state index contributed by atoms with van der Waals surface area (Å²) in [7, 11) is 0. The Hall–Kier alpha value is -0.475.